The van der Waals surface area contributed by atoms with E-state index >= 15 is 0 Å². The van der Waals surface area contributed by atoms with E-state index in [4.69, 9.17) is 4.74 Å². The number of hydrogen-bond acceptors (Lipinski definition) is 4. The van der Waals surface area contributed by atoms with Gasteiger partial charge in [0.05, 0.1) is 0 Å². The summed E-state index contributed by atoms with van der Waals surface area (Å²) in [5.41, 5.74) is 1.21. The zero-order valence-corrected chi connectivity index (χ0v) is 8.11. The molecule has 1 aromatic heterocycles. The maximum Gasteiger partial charge on any atom is 0.165 e. The lowest BCUT2D eigenvalue weighted by Gasteiger charge is -2.04. The second-order valence-electron chi connectivity index (χ2n) is 3.02. The molecule has 4 nitrogen and oxygen atoms in total. The van der Waals surface area contributed by atoms with Crippen LogP contribution >= 0.6 is 0 Å². The average molecular weight is 208 g/mol. The van der Waals surface area contributed by atoms with Crippen molar-refractivity contribution < 1.29 is 13.8 Å². The molecular weight excluding hydrogens is 199 g/mol. The molecule has 0 radical (unpaired) electrons. The van der Waals surface area contributed by atoms with E-state index in [1.54, 1.807) is 25.1 Å². The third-order valence-electron chi connectivity index (χ3n) is 1.95. The zero-order chi connectivity index (χ0) is 10.7. The van der Waals surface area contributed by atoms with E-state index < -0.39 is 5.82 Å². The molecule has 15 heavy (non-hydrogen) atoms. The van der Waals surface area contributed by atoms with Crippen LogP contribution in [-0.2, 0) is 6.61 Å². The Hall–Kier alpha value is -1.91. The molecular formula is C10H9FN2O2. The van der Waals surface area contributed by atoms with E-state index in [0.717, 1.165) is 0 Å². The summed E-state index contributed by atoms with van der Waals surface area (Å²) in [5, 5.41) is 7.22. The van der Waals surface area contributed by atoms with Crippen LogP contribution in [0, 0.1) is 12.7 Å². The molecule has 0 aliphatic rings. The molecule has 0 amide bonds. The fourth-order valence-corrected chi connectivity index (χ4v) is 1.09. The van der Waals surface area contributed by atoms with Gasteiger partial charge >= 0.3 is 0 Å². The minimum Gasteiger partial charge on any atom is -0.484 e. The smallest absolute Gasteiger partial charge is 0.165 e. The first kappa shape index (κ1) is 9.64. The summed E-state index contributed by atoms with van der Waals surface area (Å²) in [7, 11) is 0. The van der Waals surface area contributed by atoms with Crippen LogP contribution in [0.5, 0.6) is 5.75 Å². The molecule has 0 bridgehead atoms. The molecule has 0 spiro atoms. The van der Waals surface area contributed by atoms with Crippen molar-refractivity contribution in [2.75, 3.05) is 0 Å². The monoisotopic (exact) mass is 208 g/mol. The molecule has 1 aromatic carbocycles. The fraction of sp³-hybridized carbons (Fsp3) is 0.200. The number of aromatic nitrogens is 2. The standard InChI is InChI=1S/C10H9FN2O2/c1-7-9(13-15-12-7)6-14-10-5-3-2-4-8(10)11/h2-5H,6H2,1H3. The molecule has 2 aromatic rings. The molecule has 0 fully saturated rings. The summed E-state index contributed by atoms with van der Waals surface area (Å²) in [5.74, 6) is -0.202. The predicted octanol–water partition coefficient (Wildman–Crippen LogP) is 2.10. The van der Waals surface area contributed by atoms with Crippen LogP contribution in [0.25, 0.3) is 0 Å². The zero-order valence-electron chi connectivity index (χ0n) is 8.11. The molecule has 0 aliphatic heterocycles. The van der Waals surface area contributed by atoms with E-state index in [9.17, 15) is 4.39 Å². The summed E-state index contributed by atoms with van der Waals surface area (Å²) in [6.07, 6.45) is 0. The van der Waals surface area contributed by atoms with Gasteiger partial charge in [-0.05, 0) is 19.1 Å². The summed E-state index contributed by atoms with van der Waals surface area (Å²) >= 11 is 0. The number of aryl methyl sites for hydroxylation is 1. The third kappa shape index (κ3) is 2.12. The van der Waals surface area contributed by atoms with E-state index in [-0.39, 0.29) is 12.4 Å². The van der Waals surface area contributed by atoms with Crippen molar-refractivity contribution in [2.24, 2.45) is 0 Å². The molecule has 0 atom stereocenters. The van der Waals surface area contributed by atoms with Crippen LogP contribution in [0.4, 0.5) is 4.39 Å². The molecule has 0 N–H and O–H groups in total. The lowest BCUT2D eigenvalue weighted by Crippen LogP contribution is -1.99. The first-order valence-electron chi connectivity index (χ1n) is 4.43. The SMILES string of the molecule is Cc1nonc1COc1ccccc1F. The molecule has 0 unspecified atom stereocenters. The van der Waals surface area contributed by atoms with Crippen molar-refractivity contribution in [3.63, 3.8) is 0 Å². The van der Waals surface area contributed by atoms with Crippen LogP contribution in [-0.4, -0.2) is 10.3 Å². The predicted molar refractivity (Wildman–Crippen MR) is 49.8 cm³/mol. The van der Waals surface area contributed by atoms with Gasteiger partial charge in [-0.3, -0.25) is 0 Å². The van der Waals surface area contributed by atoms with Crippen LogP contribution in [0.2, 0.25) is 0 Å². The molecule has 78 valence electrons. The Labute approximate surface area is 85.6 Å². The van der Waals surface area contributed by atoms with Crippen LogP contribution in [0.1, 0.15) is 11.4 Å². The number of rotatable bonds is 3. The van der Waals surface area contributed by atoms with E-state index in [0.29, 0.717) is 11.4 Å². The first-order chi connectivity index (χ1) is 7.27. The topological polar surface area (TPSA) is 48.2 Å². The molecule has 0 saturated heterocycles. The second kappa shape index (κ2) is 4.08. The summed E-state index contributed by atoms with van der Waals surface area (Å²) in [6.45, 7) is 1.90. The van der Waals surface area contributed by atoms with Crippen molar-refractivity contribution in [1.82, 2.24) is 10.3 Å². The molecule has 0 aliphatic carbocycles. The van der Waals surface area contributed by atoms with Gasteiger partial charge in [-0.2, -0.15) is 0 Å². The Morgan fingerprint density at radius 1 is 1.33 bits per heavy atom. The largest absolute Gasteiger partial charge is 0.484 e. The number of halogens is 1. The molecule has 5 heteroatoms. The highest BCUT2D eigenvalue weighted by Crippen LogP contribution is 2.17. The summed E-state index contributed by atoms with van der Waals surface area (Å²) < 4.78 is 22.8. The molecule has 2 rings (SSSR count). The Kier molecular flexibility index (Phi) is 2.62. The van der Waals surface area contributed by atoms with Crippen molar-refractivity contribution in [3.05, 3.63) is 41.5 Å². The highest BCUT2D eigenvalue weighted by Gasteiger charge is 2.07. The highest BCUT2D eigenvalue weighted by atomic mass is 19.1. The van der Waals surface area contributed by atoms with Crippen LogP contribution in [0.15, 0.2) is 28.9 Å². The third-order valence-corrected chi connectivity index (χ3v) is 1.95. The van der Waals surface area contributed by atoms with Gasteiger partial charge in [0.15, 0.2) is 11.6 Å². The number of nitrogens with zero attached hydrogens (tertiary/aromatic N) is 2. The van der Waals surface area contributed by atoms with Crippen LogP contribution in [0.3, 0.4) is 0 Å². The average Bonchev–Trinajstić information content (AvgIpc) is 2.63. The number of benzene rings is 1. The van der Waals surface area contributed by atoms with Gasteiger partial charge in [0, 0.05) is 0 Å². The van der Waals surface area contributed by atoms with Gasteiger partial charge in [0.1, 0.15) is 18.0 Å². The van der Waals surface area contributed by atoms with Gasteiger partial charge < -0.3 is 4.74 Å². The Balaban J connectivity index is 2.06. The number of ether oxygens (including phenoxy) is 1. The lowest BCUT2D eigenvalue weighted by atomic mass is 10.3. The van der Waals surface area contributed by atoms with E-state index in [1.807, 2.05) is 0 Å². The first-order valence-corrected chi connectivity index (χ1v) is 4.43. The Morgan fingerprint density at radius 2 is 2.13 bits per heavy atom. The van der Waals surface area contributed by atoms with Gasteiger partial charge in [-0.25, -0.2) is 9.02 Å². The van der Waals surface area contributed by atoms with Crippen molar-refractivity contribution in [3.8, 4) is 5.75 Å². The molecule has 1 heterocycles. The second-order valence-corrected chi connectivity index (χ2v) is 3.02. The normalized spacial score (nSPS) is 10.3. The van der Waals surface area contributed by atoms with Gasteiger partial charge in [0.2, 0.25) is 0 Å². The Morgan fingerprint density at radius 3 is 2.80 bits per heavy atom. The fourth-order valence-electron chi connectivity index (χ4n) is 1.09. The van der Waals surface area contributed by atoms with Crippen LogP contribution < -0.4 is 4.74 Å². The Bertz CT molecular complexity index is 456. The maximum absolute atomic E-state index is 13.1. The number of para-hydroxylation sites is 1. The summed E-state index contributed by atoms with van der Waals surface area (Å²) in [4.78, 5) is 0. The highest BCUT2D eigenvalue weighted by molar-refractivity contribution is 5.23. The van der Waals surface area contributed by atoms with Crippen molar-refractivity contribution in [1.29, 1.82) is 0 Å². The minimum atomic E-state index is -0.397. The summed E-state index contributed by atoms with van der Waals surface area (Å²) in [6, 6.07) is 6.19. The quantitative estimate of drug-likeness (QED) is 0.774. The number of hydrogen-bond donors (Lipinski definition) is 0. The van der Waals surface area contributed by atoms with Gasteiger partial charge in [-0.1, -0.05) is 22.4 Å². The lowest BCUT2D eigenvalue weighted by molar-refractivity contribution is 0.262. The van der Waals surface area contributed by atoms with Gasteiger partial charge in [0.25, 0.3) is 0 Å². The van der Waals surface area contributed by atoms with E-state index in [2.05, 4.69) is 14.9 Å². The van der Waals surface area contributed by atoms with Crippen molar-refractivity contribution in [2.45, 2.75) is 13.5 Å². The van der Waals surface area contributed by atoms with Gasteiger partial charge in [-0.15, -0.1) is 0 Å². The maximum atomic E-state index is 13.1. The van der Waals surface area contributed by atoms with Crippen molar-refractivity contribution >= 4 is 0 Å². The molecule has 0 saturated carbocycles. The van der Waals surface area contributed by atoms with E-state index in [1.165, 1.54) is 6.07 Å². The minimum absolute atomic E-state index is 0.149.